The quantitative estimate of drug-likeness (QED) is 0.244. The van der Waals surface area contributed by atoms with Gasteiger partial charge in [0.05, 0.1) is 34.9 Å². The Hall–Kier alpha value is -3.67. The van der Waals surface area contributed by atoms with Crippen LogP contribution in [0.5, 0.6) is 5.75 Å². The summed E-state index contributed by atoms with van der Waals surface area (Å²) in [4.78, 5) is 48.7. The molecule has 0 radical (unpaired) electrons. The van der Waals surface area contributed by atoms with Crippen molar-refractivity contribution in [3.8, 4) is 17.1 Å². The fraction of sp³-hybridized carbons (Fsp3) is 0.529. The zero-order valence-corrected chi connectivity index (χ0v) is 26.8. The van der Waals surface area contributed by atoms with Gasteiger partial charge in [-0.05, 0) is 91.3 Å². The number of fused-ring (bicyclic) bond motifs is 5. The van der Waals surface area contributed by atoms with Crippen molar-refractivity contribution >= 4 is 22.8 Å². The van der Waals surface area contributed by atoms with E-state index in [9.17, 15) is 19.5 Å². The van der Waals surface area contributed by atoms with E-state index in [1.54, 1.807) is 23.6 Å². The van der Waals surface area contributed by atoms with Crippen molar-refractivity contribution in [1.29, 1.82) is 0 Å². The van der Waals surface area contributed by atoms with E-state index in [1.165, 1.54) is 6.07 Å². The standard InChI is InChI=1S/C34H41FN4O6/c1-7-34(43)25-14-28-30-23(16-39(28)31(40)24(25)17-44-33(34)42)21(12-19(4)37(5)6)22-13-29(26(35)15-27(22)36-30)45-32(41)20-8-10-38(11-9-20)18(2)3/h13-15,18-20,43H,7-12,16-17H2,1-6H3/t19?,34-/m0/s1. The number of rotatable bonds is 7. The average Bonchev–Trinajstić information content (AvgIpc) is 3.38. The lowest BCUT2D eigenvalue weighted by atomic mass is 9.86. The predicted octanol–water partition coefficient (Wildman–Crippen LogP) is 3.74. The maximum atomic E-state index is 15.6. The van der Waals surface area contributed by atoms with Gasteiger partial charge >= 0.3 is 11.9 Å². The summed E-state index contributed by atoms with van der Waals surface area (Å²) in [5.74, 6) is -2.35. The van der Waals surface area contributed by atoms with Gasteiger partial charge in [0.2, 0.25) is 0 Å². The second-order valence-electron chi connectivity index (χ2n) is 13.2. The Balaban J connectivity index is 1.45. The first-order valence-corrected chi connectivity index (χ1v) is 15.8. The maximum Gasteiger partial charge on any atom is 0.343 e. The number of aliphatic hydroxyl groups is 1. The minimum atomic E-state index is -1.94. The number of carbonyl (C=O) groups excluding carboxylic acids is 2. The van der Waals surface area contributed by atoms with Crippen LogP contribution in [0, 0.1) is 11.7 Å². The third-order valence-electron chi connectivity index (χ3n) is 10.0. The molecule has 5 heterocycles. The lowest BCUT2D eigenvalue weighted by Gasteiger charge is -2.33. The number of ether oxygens (including phenoxy) is 2. The van der Waals surface area contributed by atoms with Crippen LogP contribution >= 0.6 is 0 Å². The Kier molecular flexibility index (Phi) is 8.07. The highest BCUT2D eigenvalue weighted by atomic mass is 19.1. The van der Waals surface area contributed by atoms with Crippen LogP contribution in [0.15, 0.2) is 23.0 Å². The van der Waals surface area contributed by atoms with Gasteiger partial charge in [-0.2, -0.15) is 0 Å². The van der Waals surface area contributed by atoms with Crippen molar-refractivity contribution < 1.29 is 28.6 Å². The molecule has 0 aliphatic carbocycles. The highest BCUT2D eigenvalue weighted by Gasteiger charge is 2.45. The van der Waals surface area contributed by atoms with Crippen molar-refractivity contribution in [2.45, 2.75) is 84.2 Å². The van der Waals surface area contributed by atoms with Crippen molar-refractivity contribution in [3.63, 3.8) is 0 Å². The molecule has 2 aromatic heterocycles. The lowest BCUT2D eigenvalue weighted by Crippen LogP contribution is -2.44. The van der Waals surface area contributed by atoms with Gasteiger partial charge in [0.25, 0.3) is 5.56 Å². The van der Waals surface area contributed by atoms with Gasteiger partial charge in [0.1, 0.15) is 6.61 Å². The van der Waals surface area contributed by atoms with Crippen LogP contribution in [0.3, 0.4) is 0 Å². The molecule has 10 nitrogen and oxygen atoms in total. The molecule has 3 aromatic rings. The summed E-state index contributed by atoms with van der Waals surface area (Å²) < 4.78 is 28.1. The summed E-state index contributed by atoms with van der Waals surface area (Å²) >= 11 is 0. The Bertz CT molecular complexity index is 1760. The molecule has 3 aliphatic heterocycles. The number of aromatic nitrogens is 2. The first kappa shape index (κ1) is 31.3. The van der Waals surface area contributed by atoms with Crippen LogP contribution in [0.25, 0.3) is 22.3 Å². The smallest absolute Gasteiger partial charge is 0.343 e. The van der Waals surface area contributed by atoms with Gasteiger partial charge in [-0.15, -0.1) is 0 Å². The number of piperidine rings is 1. The number of hydrogen-bond donors (Lipinski definition) is 1. The highest BCUT2D eigenvalue weighted by Crippen LogP contribution is 2.41. The van der Waals surface area contributed by atoms with Crippen LogP contribution in [-0.2, 0) is 39.5 Å². The second kappa shape index (κ2) is 11.6. The van der Waals surface area contributed by atoms with E-state index in [-0.39, 0.29) is 54.0 Å². The van der Waals surface area contributed by atoms with Crippen LogP contribution in [0.2, 0.25) is 0 Å². The largest absolute Gasteiger partial charge is 0.458 e. The van der Waals surface area contributed by atoms with E-state index in [1.807, 2.05) is 14.1 Å². The molecule has 0 spiro atoms. The fourth-order valence-electron chi connectivity index (χ4n) is 6.80. The number of benzene rings is 1. The first-order chi connectivity index (χ1) is 21.3. The van der Waals surface area contributed by atoms with E-state index in [2.05, 4.69) is 30.6 Å². The molecule has 0 bridgehead atoms. The number of cyclic esters (lactones) is 1. The van der Waals surface area contributed by atoms with Crippen LogP contribution in [0.4, 0.5) is 4.39 Å². The van der Waals surface area contributed by atoms with Crippen LogP contribution < -0.4 is 10.3 Å². The number of carbonyl (C=O) groups is 2. The van der Waals surface area contributed by atoms with Gasteiger partial charge in [-0.1, -0.05) is 6.92 Å². The number of hydrogen-bond acceptors (Lipinski definition) is 9. The molecule has 0 amide bonds. The third kappa shape index (κ3) is 5.24. The Morgan fingerprint density at radius 1 is 1.18 bits per heavy atom. The van der Waals surface area contributed by atoms with Crippen molar-refractivity contribution in [2.75, 3.05) is 27.2 Å². The van der Waals surface area contributed by atoms with Crippen molar-refractivity contribution in [2.24, 2.45) is 5.92 Å². The molecule has 240 valence electrons. The third-order valence-corrected chi connectivity index (χ3v) is 10.0. The molecule has 1 N–H and O–H groups in total. The summed E-state index contributed by atoms with van der Waals surface area (Å²) in [5, 5.41) is 11.9. The molecular weight excluding hydrogens is 579 g/mol. The normalized spacial score (nSPS) is 20.7. The Morgan fingerprint density at radius 3 is 2.53 bits per heavy atom. The molecule has 2 atom stereocenters. The van der Waals surface area contributed by atoms with E-state index in [4.69, 9.17) is 14.5 Å². The van der Waals surface area contributed by atoms with Gasteiger partial charge in [-0.25, -0.2) is 14.2 Å². The lowest BCUT2D eigenvalue weighted by molar-refractivity contribution is -0.172. The summed E-state index contributed by atoms with van der Waals surface area (Å²) in [6.07, 6.45) is 1.92. The minimum Gasteiger partial charge on any atom is -0.458 e. The molecule has 45 heavy (non-hydrogen) atoms. The Labute approximate surface area is 261 Å². The summed E-state index contributed by atoms with van der Waals surface area (Å²) in [6, 6.07) is 4.98. The summed E-state index contributed by atoms with van der Waals surface area (Å²) in [7, 11) is 3.95. The average molecular weight is 621 g/mol. The SMILES string of the molecule is CC[C@@]1(O)C(=O)OCc2c1cc1n(c2=O)Cc2c-1nc1cc(F)c(OC(=O)C3CCN(C(C)C)CC3)cc1c2CC(C)N(C)C. The molecule has 1 aromatic carbocycles. The summed E-state index contributed by atoms with van der Waals surface area (Å²) in [5.41, 5.74) is 1.15. The van der Waals surface area contributed by atoms with E-state index in [0.29, 0.717) is 47.6 Å². The highest BCUT2D eigenvalue weighted by molar-refractivity contribution is 5.90. The fourth-order valence-corrected chi connectivity index (χ4v) is 6.80. The number of esters is 2. The molecule has 3 aliphatic rings. The number of halogens is 1. The number of pyridine rings is 2. The first-order valence-electron chi connectivity index (χ1n) is 15.8. The van der Waals surface area contributed by atoms with Crippen molar-refractivity contribution in [3.05, 3.63) is 56.6 Å². The molecule has 11 heteroatoms. The topological polar surface area (TPSA) is 114 Å². The van der Waals surface area contributed by atoms with Gasteiger partial charge in [-0.3, -0.25) is 9.59 Å². The zero-order valence-electron chi connectivity index (χ0n) is 26.8. The molecule has 1 saturated heterocycles. The maximum absolute atomic E-state index is 15.6. The van der Waals surface area contributed by atoms with Crippen LogP contribution in [-0.4, -0.2) is 75.7 Å². The van der Waals surface area contributed by atoms with Crippen LogP contribution in [0.1, 0.15) is 69.2 Å². The molecule has 1 fully saturated rings. The zero-order chi connectivity index (χ0) is 32.4. The van der Waals surface area contributed by atoms with Crippen molar-refractivity contribution in [1.82, 2.24) is 19.4 Å². The van der Waals surface area contributed by atoms with Gasteiger partial charge < -0.3 is 28.9 Å². The Morgan fingerprint density at radius 2 is 1.89 bits per heavy atom. The molecular formula is C34H41FN4O6. The molecule has 0 saturated carbocycles. The van der Waals surface area contributed by atoms with Gasteiger partial charge in [0.15, 0.2) is 17.2 Å². The van der Waals surface area contributed by atoms with E-state index in [0.717, 1.165) is 24.2 Å². The van der Waals surface area contributed by atoms with Gasteiger partial charge in [0, 0.05) is 34.7 Å². The van der Waals surface area contributed by atoms with E-state index < -0.39 is 23.4 Å². The monoisotopic (exact) mass is 620 g/mol. The summed E-state index contributed by atoms with van der Waals surface area (Å²) in [6.45, 7) is 9.57. The number of nitrogens with zero attached hydrogens (tertiary/aromatic N) is 4. The number of likely N-dealkylation sites (N-methyl/N-ethyl adjacent to an activating group) is 1. The number of likely N-dealkylation sites (tertiary alicyclic amines) is 1. The minimum absolute atomic E-state index is 0.0366. The second-order valence-corrected chi connectivity index (χ2v) is 13.2. The predicted molar refractivity (Wildman–Crippen MR) is 166 cm³/mol. The molecule has 6 rings (SSSR count). The molecule has 1 unspecified atom stereocenters. The van der Waals surface area contributed by atoms with E-state index >= 15 is 4.39 Å².